The summed E-state index contributed by atoms with van der Waals surface area (Å²) >= 11 is 0. The number of aliphatic hydroxyl groups excluding tert-OH is 1. The second kappa shape index (κ2) is 7.85. The first kappa shape index (κ1) is 16.4. The van der Waals surface area contributed by atoms with Crippen molar-refractivity contribution in [2.75, 3.05) is 7.11 Å². The molecule has 0 aliphatic carbocycles. The third-order valence-corrected chi connectivity index (χ3v) is 3.59. The smallest absolute Gasteiger partial charge is 0.161 e. The first-order valence-corrected chi connectivity index (χ1v) is 7.62. The van der Waals surface area contributed by atoms with Gasteiger partial charge in [-0.05, 0) is 49.9 Å². The largest absolute Gasteiger partial charge is 0.493 e. The van der Waals surface area contributed by atoms with E-state index in [1.807, 2.05) is 18.2 Å². The molecule has 0 saturated heterocycles. The fourth-order valence-corrected chi connectivity index (χ4v) is 2.21. The molecule has 0 aromatic heterocycles. The van der Waals surface area contributed by atoms with Crippen LogP contribution in [0.1, 0.15) is 30.0 Å². The normalized spacial score (nSPS) is 12.0. The summed E-state index contributed by atoms with van der Waals surface area (Å²) in [7, 11) is 1.65. The van der Waals surface area contributed by atoms with E-state index in [-0.39, 0.29) is 6.10 Å². The first-order valence-electron chi connectivity index (χ1n) is 7.62. The van der Waals surface area contributed by atoms with Gasteiger partial charge in [0, 0.05) is 0 Å². The summed E-state index contributed by atoms with van der Waals surface area (Å²) < 4.78 is 11.3. The maximum absolute atomic E-state index is 9.37. The second-order valence-electron chi connectivity index (χ2n) is 5.65. The minimum atomic E-state index is -0.288. The number of aryl methyl sites for hydroxylation is 2. The molecular formula is C19H24O3. The predicted molar refractivity (Wildman–Crippen MR) is 88.5 cm³/mol. The fraction of sp³-hybridized carbons (Fsp3) is 0.368. The summed E-state index contributed by atoms with van der Waals surface area (Å²) in [6, 6.07) is 14.2. The molecule has 0 radical (unpaired) electrons. The van der Waals surface area contributed by atoms with Crippen molar-refractivity contribution in [3.8, 4) is 11.5 Å². The van der Waals surface area contributed by atoms with Gasteiger partial charge in [-0.1, -0.05) is 35.9 Å². The number of hydrogen-bond acceptors (Lipinski definition) is 3. The van der Waals surface area contributed by atoms with Crippen LogP contribution < -0.4 is 9.47 Å². The molecule has 2 aromatic rings. The zero-order chi connectivity index (χ0) is 15.9. The van der Waals surface area contributed by atoms with Gasteiger partial charge in [-0.3, -0.25) is 0 Å². The van der Waals surface area contributed by atoms with Gasteiger partial charge in [0.15, 0.2) is 11.5 Å². The van der Waals surface area contributed by atoms with Gasteiger partial charge in [0.25, 0.3) is 0 Å². The van der Waals surface area contributed by atoms with E-state index in [9.17, 15) is 5.11 Å². The third kappa shape index (κ3) is 4.78. The zero-order valence-corrected chi connectivity index (χ0v) is 13.5. The topological polar surface area (TPSA) is 38.7 Å². The molecule has 1 atom stereocenters. The summed E-state index contributed by atoms with van der Waals surface area (Å²) in [5.41, 5.74) is 3.51. The van der Waals surface area contributed by atoms with Gasteiger partial charge < -0.3 is 14.6 Å². The monoisotopic (exact) mass is 300 g/mol. The fourth-order valence-electron chi connectivity index (χ4n) is 2.21. The van der Waals surface area contributed by atoms with Crippen LogP contribution in [0.4, 0.5) is 0 Å². The second-order valence-corrected chi connectivity index (χ2v) is 5.65. The van der Waals surface area contributed by atoms with Crippen LogP contribution in [0.2, 0.25) is 0 Å². The Balaban J connectivity index is 2.02. The van der Waals surface area contributed by atoms with Gasteiger partial charge in [0.1, 0.15) is 6.61 Å². The summed E-state index contributed by atoms with van der Waals surface area (Å²) in [6.45, 7) is 4.39. The van der Waals surface area contributed by atoms with Crippen LogP contribution in [-0.4, -0.2) is 18.3 Å². The molecule has 118 valence electrons. The van der Waals surface area contributed by atoms with E-state index < -0.39 is 0 Å². The van der Waals surface area contributed by atoms with Crippen LogP contribution in [-0.2, 0) is 13.0 Å². The lowest BCUT2D eigenvalue weighted by Gasteiger charge is -2.13. The van der Waals surface area contributed by atoms with E-state index in [1.165, 1.54) is 5.56 Å². The van der Waals surface area contributed by atoms with E-state index in [0.29, 0.717) is 6.61 Å². The molecule has 0 aliphatic heterocycles. The Kier molecular flexibility index (Phi) is 5.84. The first-order chi connectivity index (χ1) is 10.6. The average Bonchev–Trinajstić information content (AvgIpc) is 2.52. The van der Waals surface area contributed by atoms with Crippen LogP contribution in [0.5, 0.6) is 11.5 Å². The van der Waals surface area contributed by atoms with Gasteiger partial charge in [-0.15, -0.1) is 0 Å². The molecule has 3 nitrogen and oxygen atoms in total. The van der Waals surface area contributed by atoms with Gasteiger partial charge in [-0.25, -0.2) is 0 Å². The molecule has 1 N–H and O–H groups in total. The minimum absolute atomic E-state index is 0.288. The van der Waals surface area contributed by atoms with E-state index in [2.05, 4.69) is 31.2 Å². The molecule has 0 spiro atoms. The number of aliphatic hydroxyl groups is 1. The molecule has 0 saturated carbocycles. The number of rotatable bonds is 7. The lowest BCUT2D eigenvalue weighted by atomic mass is 10.1. The minimum Gasteiger partial charge on any atom is -0.493 e. The Morgan fingerprint density at radius 3 is 2.32 bits per heavy atom. The quantitative estimate of drug-likeness (QED) is 0.843. The molecule has 0 fully saturated rings. The molecule has 0 amide bonds. The summed E-state index contributed by atoms with van der Waals surface area (Å²) in [5.74, 6) is 1.47. The van der Waals surface area contributed by atoms with Gasteiger partial charge in [0.05, 0.1) is 13.2 Å². The Morgan fingerprint density at radius 1 is 1.00 bits per heavy atom. The van der Waals surface area contributed by atoms with Crippen LogP contribution in [0, 0.1) is 6.92 Å². The van der Waals surface area contributed by atoms with Crippen molar-refractivity contribution in [1.82, 2.24) is 0 Å². The molecule has 0 bridgehead atoms. The van der Waals surface area contributed by atoms with E-state index >= 15 is 0 Å². The van der Waals surface area contributed by atoms with Crippen LogP contribution in [0.25, 0.3) is 0 Å². The summed E-state index contributed by atoms with van der Waals surface area (Å²) in [5, 5.41) is 9.37. The van der Waals surface area contributed by atoms with Gasteiger partial charge in [-0.2, -0.15) is 0 Å². The van der Waals surface area contributed by atoms with Crippen molar-refractivity contribution in [3.63, 3.8) is 0 Å². The van der Waals surface area contributed by atoms with Crippen molar-refractivity contribution in [3.05, 3.63) is 59.2 Å². The number of methoxy groups -OCH3 is 1. The molecular weight excluding hydrogens is 276 g/mol. The molecule has 1 unspecified atom stereocenters. The highest BCUT2D eigenvalue weighted by Crippen LogP contribution is 2.29. The third-order valence-electron chi connectivity index (χ3n) is 3.59. The number of hydrogen-bond donors (Lipinski definition) is 1. The molecule has 0 aliphatic rings. The number of ether oxygens (including phenoxy) is 2. The maximum atomic E-state index is 9.37. The molecule has 2 rings (SSSR count). The predicted octanol–water partition coefficient (Wildman–Crippen LogP) is 3.90. The zero-order valence-electron chi connectivity index (χ0n) is 13.5. The summed E-state index contributed by atoms with van der Waals surface area (Å²) in [4.78, 5) is 0. The Hall–Kier alpha value is -2.00. The van der Waals surface area contributed by atoms with E-state index in [1.54, 1.807) is 14.0 Å². The van der Waals surface area contributed by atoms with Crippen molar-refractivity contribution < 1.29 is 14.6 Å². The number of benzene rings is 2. The Morgan fingerprint density at radius 2 is 1.68 bits per heavy atom. The van der Waals surface area contributed by atoms with Crippen molar-refractivity contribution in [2.45, 2.75) is 39.4 Å². The lowest BCUT2D eigenvalue weighted by Crippen LogP contribution is -2.02. The Bertz CT molecular complexity index is 588. The van der Waals surface area contributed by atoms with Crippen LogP contribution in [0.15, 0.2) is 42.5 Å². The van der Waals surface area contributed by atoms with Crippen molar-refractivity contribution in [1.29, 1.82) is 0 Å². The van der Waals surface area contributed by atoms with Crippen LogP contribution in [0.3, 0.4) is 0 Å². The SMILES string of the molecule is COc1cc(CCC(C)O)ccc1OCc1ccc(C)cc1. The van der Waals surface area contributed by atoms with E-state index in [4.69, 9.17) is 9.47 Å². The van der Waals surface area contributed by atoms with Crippen LogP contribution >= 0.6 is 0 Å². The summed E-state index contributed by atoms with van der Waals surface area (Å²) in [6.07, 6.45) is 1.28. The van der Waals surface area contributed by atoms with Gasteiger partial charge >= 0.3 is 0 Å². The Labute approximate surface area is 132 Å². The molecule has 0 heterocycles. The molecule has 22 heavy (non-hydrogen) atoms. The molecule has 2 aromatic carbocycles. The highest BCUT2D eigenvalue weighted by Gasteiger charge is 2.07. The maximum Gasteiger partial charge on any atom is 0.161 e. The van der Waals surface area contributed by atoms with Gasteiger partial charge in [0.2, 0.25) is 0 Å². The van der Waals surface area contributed by atoms with E-state index in [0.717, 1.165) is 35.5 Å². The highest BCUT2D eigenvalue weighted by atomic mass is 16.5. The molecule has 3 heteroatoms. The standard InChI is InChI=1S/C19H24O3/c1-14-4-7-17(8-5-14)13-22-18-11-10-16(9-6-15(2)20)12-19(18)21-3/h4-5,7-8,10-12,15,20H,6,9,13H2,1-3H3. The average molecular weight is 300 g/mol. The highest BCUT2D eigenvalue weighted by molar-refractivity contribution is 5.43. The lowest BCUT2D eigenvalue weighted by molar-refractivity contribution is 0.185. The van der Waals surface area contributed by atoms with Crippen molar-refractivity contribution in [2.24, 2.45) is 0 Å². The van der Waals surface area contributed by atoms with Crippen molar-refractivity contribution >= 4 is 0 Å².